The van der Waals surface area contributed by atoms with Crippen molar-refractivity contribution in [1.82, 2.24) is 5.32 Å². The standard InChI is InChI=1S/C15H21NO3/c1-11(16-15(17)14-7-4-8-19-14)9-12-5-3-6-13(10-12)18-2/h3,5-6,10-11,14H,4,7-9H2,1-2H3,(H,16,17). The summed E-state index contributed by atoms with van der Waals surface area (Å²) in [6.07, 6.45) is 2.34. The van der Waals surface area contributed by atoms with Gasteiger partial charge in [0.1, 0.15) is 11.9 Å². The highest BCUT2D eigenvalue weighted by Crippen LogP contribution is 2.15. The van der Waals surface area contributed by atoms with Crippen LogP contribution in [0.1, 0.15) is 25.3 Å². The van der Waals surface area contributed by atoms with Crippen LogP contribution in [0.4, 0.5) is 0 Å². The summed E-state index contributed by atoms with van der Waals surface area (Å²) in [4.78, 5) is 11.9. The molecule has 0 spiro atoms. The molecule has 1 aliphatic heterocycles. The van der Waals surface area contributed by atoms with Gasteiger partial charge in [-0.2, -0.15) is 0 Å². The van der Waals surface area contributed by atoms with Crippen LogP contribution >= 0.6 is 0 Å². The lowest BCUT2D eigenvalue weighted by molar-refractivity contribution is -0.130. The molecule has 2 unspecified atom stereocenters. The second-order valence-electron chi connectivity index (χ2n) is 4.97. The first kappa shape index (κ1) is 13.9. The van der Waals surface area contributed by atoms with E-state index < -0.39 is 0 Å². The van der Waals surface area contributed by atoms with Gasteiger partial charge in [0.2, 0.25) is 5.91 Å². The van der Waals surface area contributed by atoms with Crippen molar-refractivity contribution in [2.75, 3.05) is 13.7 Å². The Morgan fingerprint density at radius 3 is 3.11 bits per heavy atom. The summed E-state index contributed by atoms with van der Waals surface area (Å²) >= 11 is 0. The molecule has 0 aromatic heterocycles. The molecule has 0 bridgehead atoms. The quantitative estimate of drug-likeness (QED) is 0.883. The number of carbonyl (C=O) groups excluding carboxylic acids is 1. The Morgan fingerprint density at radius 1 is 1.58 bits per heavy atom. The summed E-state index contributed by atoms with van der Waals surface area (Å²) in [5.41, 5.74) is 1.15. The molecule has 2 atom stereocenters. The van der Waals surface area contributed by atoms with Crippen LogP contribution in [0.3, 0.4) is 0 Å². The van der Waals surface area contributed by atoms with Crippen molar-refractivity contribution in [3.05, 3.63) is 29.8 Å². The topological polar surface area (TPSA) is 47.6 Å². The van der Waals surface area contributed by atoms with Gasteiger partial charge in [0.15, 0.2) is 0 Å². The smallest absolute Gasteiger partial charge is 0.249 e. The molecular formula is C15H21NO3. The van der Waals surface area contributed by atoms with E-state index in [1.54, 1.807) is 7.11 Å². The van der Waals surface area contributed by atoms with Crippen molar-refractivity contribution >= 4 is 5.91 Å². The summed E-state index contributed by atoms with van der Waals surface area (Å²) < 4.78 is 10.6. The Balaban J connectivity index is 1.85. The molecule has 0 aliphatic carbocycles. The van der Waals surface area contributed by atoms with Gasteiger partial charge in [-0.3, -0.25) is 4.79 Å². The Kier molecular flexibility index (Phi) is 4.80. The maximum atomic E-state index is 11.9. The Bertz CT molecular complexity index is 427. The monoisotopic (exact) mass is 263 g/mol. The number of benzene rings is 1. The summed E-state index contributed by atoms with van der Waals surface area (Å²) in [5, 5.41) is 3.00. The normalized spacial score (nSPS) is 20.0. The molecule has 4 nitrogen and oxygen atoms in total. The molecule has 2 rings (SSSR count). The van der Waals surface area contributed by atoms with Crippen LogP contribution in [0, 0.1) is 0 Å². The van der Waals surface area contributed by atoms with Crippen molar-refractivity contribution in [2.45, 2.75) is 38.3 Å². The molecule has 1 fully saturated rings. The van der Waals surface area contributed by atoms with Crippen molar-refractivity contribution in [3.63, 3.8) is 0 Å². The molecule has 1 aliphatic rings. The molecule has 1 amide bonds. The Labute approximate surface area is 114 Å². The van der Waals surface area contributed by atoms with Gasteiger partial charge in [0, 0.05) is 12.6 Å². The molecule has 4 heteroatoms. The van der Waals surface area contributed by atoms with Crippen LogP contribution in [-0.4, -0.2) is 31.8 Å². The van der Waals surface area contributed by atoms with Crippen molar-refractivity contribution < 1.29 is 14.3 Å². The van der Waals surface area contributed by atoms with Crippen molar-refractivity contribution in [1.29, 1.82) is 0 Å². The Morgan fingerprint density at radius 2 is 2.42 bits per heavy atom. The van der Waals surface area contributed by atoms with E-state index in [0.717, 1.165) is 30.6 Å². The minimum atomic E-state index is -0.257. The first-order valence-corrected chi connectivity index (χ1v) is 6.74. The molecule has 1 N–H and O–H groups in total. The zero-order valence-corrected chi connectivity index (χ0v) is 11.5. The number of methoxy groups -OCH3 is 1. The molecule has 0 saturated carbocycles. The zero-order chi connectivity index (χ0) is 13.7. The molecule has 1 saturated heterocycles. The number of ether oxygens (including phenoxy) is 2. The highest BCUT2D eigenvalue weighted by molar-refractivity contribution is 5.81. The maximum absolute atomic E-state index is 11.9. The molecular weight excluding hydrogens is 242 g/mol. The van der Waals surface area contributed by atoms with Crippen LogP contribution in [0.15, 0.2) is 24.3 Å². The second-order valence-corrected chi connectivity index (χ2v) is 4.97. The minimum Gasteiger partial charge on any atom is -0.497 e. The number of hydrogen-bond acceptors (Lipinski definition) is 3. The van der Waals surface area contributed by atoms with Crippen LogP contribution in [0.2, 0.25) is 0 Å². The van der Waals surface area contributed by atoms with E-state index in [4.69, 9.17) is 9.47 Å². The lowest BCUT2D eigenvalue weighted by Crippen LogP contribution is -2.40. The first-order chi connectivity index (χ1) is 9.19. The van der Waals surface area contributed by atoms with Gasteiger partial charge < -0.3 is 14.8 Å². The van der Waals surface area contributed by atoms with Gasteiger partial charge in [-0.25, -0.2) is 0 Å². The minimum absolute atomic E-state index is 0.00731. The number of hydrogen-bond donors (Lipinski definition) is 1. The fourth-order valence-electron chi connectivity index (χ4n) is 2.32. The van der Waals surface area contributed by atoms with E-state index in [2.05, 4.69) is 5.32 Å². The van der Waals surface area contributed by atoms with Crippen LogP contribution < -0.4 is 10.1 Å². The van der Waals surface area contributed by atoms with E-state index in [-0.39, 0.29) is 18.1 Å². The van der Waals surface area contributed by atoms with E-state index in [9.17, 15) is 4.79 Å². The summed E-state index contributed by atoms with van der Waals surface area (Å²) in [6.45, 7) is 2.70. The zero-order valence-electron chi connectivity index (χ0n) is 11.5. The van der Waals surface area contributed by atoms with E-state index in [1.165, 1.54) is 0 Å². The third kappa shape index (κ3) is 3.96. The van der Waals surface area contributed by atoms with E-state index in [1.807, 2.05) is 31.2 Å². The van der Waals surface area contributed by atoms with Gasteiger partial charge in [0.25, 0.3) is 0 Å². The summed E-state index contributed by atoms with van der Waals surface area (Å²) in [6, 6.07) is 8.00. The van der Waals surface area contributed by atoms with Crippen LogP contribution in [-0.2, 0) is 16.0 Å². The number of nitrogens with one attached hydrogen (secondary N) is 1. The van der Waals surface area contributed by atoms with Gasteiger partial charge in [-0.1, -0.05) is 12.1 Å². The third-order valence-corrected chi connectivity index (χ3v) is 3.29. The van der Waals surface area contributed by atoms with Crippen molar-refractivity contribution in [2.24, 2.45) is 0 Å². The van der Waals surface area contributed by atoms with E-state index >= 15 is 0 Å². The molecule has 1 heterocycles. The SMILES string of the molecule is COc1cccc(CC(C)NC(=O)C2CCCO2)c1. The fourth-order valence-corrected chi connectivity index (χ4v) is 2.32. The number of carbonyl (C=O) groups is 1. The Hall–Kier alpha value is -1.55. The summed E-state index contributed by atoms with van der Waals surface area (Å²) in [5.74, 6) is 0.850. The van der Waals surface area contributed by atoms with Gasteiger partial charge in [0.05, 0.1) is 7.11 Å². The summed E-state index contributed by atoms with van der Waals surface area (Å²) in [7, 11) is 1.65. The van der Waals surface area contributed by atoms with Gasteiger partial charge in [-0.05, 0) is 43.9 Å². The average Bonchev–Trinajstić information content (AvgIpc) is 2.92. The van der Waals surface area contributed by atoms with E-state index in [0.29, 0.717) is 6.61 Å². The molecule has 104 valence electrons. The maximum Gasteiger partial charge on any atom is 0.249 e. The lowest BCUT2D eigenvalue weighted by Gasteiger charge is -2.17. The molecule has 19 heavy (non-hydrogen) atoms. The average molecular weight is 263 g/mol. The van der Waals surface area contributed by atoms with Gasteiger partial charge >= 0.3 is 0 Å². The predicted molar refractivity (Wildman–Crippen MR) is 73.3 cm³/mol. The van der Waals surface area contributed by atoms with Crippen LogP contribution in [0.5, 0.6) is 5.75 Å². The molecule has 0 radical (unpaired) electrons. The van der Waals surface area contributed by atoms with Gasteiger partial charge in [-0.15, -0.1) is 0 Å². The number of rotatable bonds is 5. The molecule has 1 aromatic rings. The number of amides is 1. The third-order valence-electron chi connectivity index (χ3n) is 3.29. The largest absolute Gasteiger partial charge is 0.497 e. The lowest BCUT2D eigenvalue weighted by atomic mass is 10.1. The first-order valence-electron chi connectivity index (χ1n) is 6.74. The van der Waals surface area contributed by atoms with Crippen molar-refractivity contribution in [3.8, 4) is 5.75 Å². The highest BCUT2D eigenvalue weighted by Gasteiger charge is 2.24. The fraction of sp³-hybridized carbons (Fsp3) is 0.533. The highest BCUT2D eigenvalue weighted by atomic mass is 16.5. The predicted octanol–water partition coefficient (Wildman–Crippen LogP) is 1.92. The molecule has 1 aromatic carbocycles. The second kappa shape index (κ2) is 6.57. The van der Waals surface area contributed by atoms with Crippen LogP contribution in [0.25, 0.3) is 0 Å².